The Bertz CT molecular complexity index is 743. The summed E-state index contributed by atoms with van der Waals surface area (Å²) in [6.45, 7) is 6.68. The zero-order valence-corrected chi connectivity index (χ0v) is 15.8. The van der Waals surface area contributed by atoms with Crippen molar-refractivity contribution in [2.75, 3.05) is 4.90 Å². The SMILES string of the molecule is CC1CC(C)(C)N(C(=O)OCc2ccccc2)c2ccc(Br)cc21. The lowest BCUT2D eigenvalue weighted by molar-refractivity contribution is 0.138. The monoisotopic (exact) mass is 387 g/mol. The van der Waals surface area contributed by atoms with Crippen LogP contribution < -0.4 is 4.90 Å². The number of amides is 1. The van der Waals surface area contributed by atoms with Crippen LogP contribution >= 0.6 is 15.9 Å². The first-order chi connectivity index (χ1) is 11.4. The van der Waals surface area contributed by atoms with Crippen molar-refractivity contribution < 1.29 is 9.53 Å². The first-order valence-electron chi connectivity index (χ1n) is 8.19. The third-order valence-corrected chi connectivity index (χ3v) is 5.05. The molecule has 24 heavy (non-hydrogen) atoms. The number of ether oxygens (including phenoxy) is 1. The summed E-state index contributed by atoms with van der Waals surface area (Å²) in [5.41, 5.74) is 2.83. The summed E-state index contributed by atoms with van der Waals surface area (Å²) in [6, 6.07) is 15.8. The first kappa shape index (κ1) is 17.0. The second-order valence-corrected chi connectivity index (χ2v) is 7.91. The summed E-state index contributed by atoms with van der Waals surface area (Å²) in [7, 11) is 0. The average molecular weight is 388 g/mol. The van der Waals surface area contributed by atoms with E-state index in [2.05, 4.69) is 42.8 Å². The molecular formula is C20H22BrNO2. The second kappa shape index (κ2) is 6.60. The van der Waals surface area contributed by atoms with Gasteiger partial charge in [-0.2, -0.15) is 0 Å². The van der Waals surface area contributed by atoms with Gasteiger partial charge in [-0.05, 0) is 55.5 Å². The summed E-state index contributed by atoms with van der Waals surface area (Å²) in [6.07, 6.45) is 0.607. The van der Waals surface area contributed by atoms with Crippen molar-refractivity contribution in [3.63, 3.8) is 0 Å². The van der Waals surface area contributed by atoms with Gasteiger partial charge < -0.3 is 4.74 Å². The first-order valence-corrected chi connectivity index (χ1v) is 8.98. The molecule has 0 aliphatic carbocycles. The predicted molar refractivity (Wildman–Crippen MR) is 100 cm³/mol. The van der Waals surface area contributed by atoms with Crippen molar-refractivity contribution in [1.29, 1.82) is 0 Å². The van der Waals surface area contributed by atoms with Crippen LogP contribution in [-0.2, 0) is 11.3 Å². The largest absolute Gasteiger partial charge is 0.444 e. The highest BCUT2D eigenvalue weighted by molar-refractivity contribution is 9.10. The highest BCUT2D eigenvalue weighted by Gasteiger charge is 2.40. The number of fused-ring (bicyclic) bond motifs is 1. The minimum atomic E-state index is -0.292. The number of hydrogen-bond acceptors (Lipinski definition) is 2. The quantitative estimate of drug-likeness (QED) is 0.643. The molecule has 3 nitrogen and oxygen atoms in total. The Labute approximate surface area is 151 Å². The average Bonchev–Trinajstić information content (AvgIpc) is 2.54. The highest BCUT2D eigenvalue weighted by Crippen LogP contribution is 2.44. The number of benzene rings is 2. The van der Waals surface area contributed by atoms with E-state index in [1.54, 1.807) is 4.90 Å². The van der Waals surface area contributed by atoms with E-state index < -0.39 is 0 Å². The van der Waals surface area contributed by atoms with Crippen LogP contribution in [0.2, 0.25) is 0 Å². The molecule has 0 fully saturated rings. The molecule has 0 aromatic heterocycles. The molecule has 0 saturated heterocycles. The molecular weight excluding hydrogens is 366 g/mol. The van der Waals surface area contributed by atoms with Crippen molar-refractivity contribution in [1.82, 2.24) is 0 Å². The number of halogens is 1. The summed E-state index contributed by atoms with van der Waals surface area (Å²) >= 11 is 3.53. The minimum absolute atomic E-state index is 0.284. The van der Waals surface area contributed by atoms with E-state index in [4.69, 9.17) is 4.74 Å². The Morgan fingerprint density at radius 3 is 2.67 bits per heavy atom. The molecule has 0 radical (unpaired) electrons. The fourth-order valence-corrected chi connectivity index (χ4v) is 3.91. The van der Waals surface area contributed by atoms with Gasteiger partial charge in [0, 0.05) is 10.0 Å². The molecule has 126 valence electrons. The maximum atomic E-state index is 12.8. The van der Waals surface area contributed by atoms with E-state index in [9.17, 15) is 4.79 Å². The van der Waals surface area contributed by atoms with Crippen molar-refractivity contribution >= 4 is 27.7 Å². The minimum Gasteiger partial charge on any atom is -0.444 e. The van der Waals surface area contributed by atoms with Gasteiger partial charge >= 0.3 is 6.09 Å². The smallest absolute Gasteiger partial charge is 0.415 e. The van der Waals surface area contributed by atoms with E-state index in [0.717, 1.165) is 22.1 Å². The molecule has 3 rings (SSSR count). The third-order valence-electron chi connectivity index (χ3n) is 4.56. The highest BCUT2D eigenvalue weighted by atomic mass is 79.9. The van der Waals surface area contributed by atoms with E-state index in [-0.39, 0.29) is 18.2 Å². The van der Waals surface area contributed by atoms with Crippen LogP contribution in [0.4, 0.5) is 10.5 Å². The van der Waals surface area contributed by atoms with Crippen LogP contribution in [0.15, 0.2) is 53.0 Å². The van der Waals surface area contributed by atoms with Crippen LogP contribution in [0.5, 0.6) is 0 Å². The van der Waals surface area contributed by atoms with Crippen LogP contribution in [0.1, 0.15) is 44.2 Å². The van der Waals surface area contributed by atoms with Gasteiger partial charge in [0.05, 0.1) is 5.69 Å². The van der Waals surface area contributed by atoms with Gasteiger partial charge in [-0.25, -0.2) is 4.79 Å². The number of hydrogen-bond donors (Lipinski definition) is 0. The lowest BCUT2D eigenvalue weighted by Crippen LogP contribution is -2.51. The van der Waals surface area contributed by atoms with E-state index in [0.29, 0.717) is 5.92 Å². The van der Waals surface area contributed by atoms with Crippen molar-refractivity contribution in [2.45, 2.75) is 45.3 Å². The lowest BCUT2D eigenvalue weighted by atomic mass is 9.80. The maximum absolute atomic E-state index is 12.8. The summed E-state index contributed by atoms with van der Waals surface area (Å²) < 4.78 is 6.63. The number of carbonyl (C=O) groups is 1. The molecule has 4 heteroatoms. The molecule has 0 N–H and O–H groups in total. The Kier molecular flexibility index (Phi) is 4.68. The summed E-state index contributed by atoms with van der Waals surface area (Å²) in [4.78, 5) is 14.6. The van der Waals surface area contributed by atoms with Gasteiger partial charge in [-0.15, -0.1) is 0 Å². The number of carbonyl (C=O) groups excluding carboxylic acids is 1. The lowest BCUT2D eigenvalue weighted by Gasteiger charge is -2.45. The predicted octanol–water partition coefficient (Wildman–Crippen LogP) is 5.88. The van der Waals surface area contributed by atoms with Gasteiger partial charge in [-0.3, -0.25) is 4.90 Å². The Hall–Kier alpha value is -1.81. The fraction of sp³-hybridized carbons (Fsp3) is 0.350. The van der Waals surface area contributed by atoms with Gasteiger partial charge in [0.2, 0.25) is 0 Å². The Morgan fingerprint density at radius 2 is 1.96 bits per heavy atom. The zero-order chi connectivity index (χ0) is 17.3. The molecule has 1 aliphatic rings. The number of nitrogens with zero attached hydrogens (tertiary/aromatic N) is 1. The van der Waals surface area contributed by atoms with Crippen LogP contribution in [0, 0.1) is 0 Å². The number of anilines is 1. The molecule has 0 bridgehead atoms. The van der Waals surface area contributed by atoms with Crippen molar-refractivity contribution in [2.24, 2.45) is 0 Å². The molecule has 0 saturated carbocycles. The summed E-state index contributed by atoms with van der Waals surface area (Å²) in [5.74, 6) is 0.394. The van der Waals surface area contributed by atoms with Gasteiger partial charge in [0.25, 0.3) is 0 Å². The topological polar surface area (TPSA) is 29.5 Å². The molecule has 1 atom stereocenters. The summed E-state index contributed by atoms with van der Waals surface area (Å²) in [5, 5.41) is 0. The maximum Gasteiger partial charge on any atom is 0.415 e. The molecule has 1 amide bonds. The molecule has 0 spiro atoms. The van der Waals surface area contributed by atoms with E-state index >= 15 is 0 Å². The van der Waals surface area contributed by atoms with Crippen LogP contribution in [0.25, 0.3) is 0 Å². The van der Waals surface area contributed by atoms with E-state index in [1.165, 1.54) is 5.56 Å². The van der Waals surface area contributed by atoms with Crippen molar-refractivity contribution in [3.8, 4) is 0 Å². The van der Waals surface area contributed by atoms with Crippen LogP contribution in [0.3, 0.4) is 0 Å². The molecule has 1 aliphatic heterocycles. The Morgan fingerprint density at radius 1 is 1.25 bits per heavy atom. The standard InChI is InChI=1S/C20H22BrNO2/c1-14-12-20(2,3)22(18-10-9-16(21)11-17(14)18)19(23)24-13-15-7-5-4-6-8-15/h4-11,14H,12-13H2,1-3H3. The molecule has 2 aromatic carbocycles. The van der Waals surface area contributed by atoms with E-state index in [1.807, 2.05) is 42.5 Å². The fourth-order valence-electron chi connectivity index (χ4n) is 3.53. The molecule has 1 heterocycles. The van der Waals surface area contributed by atoms with Gasteiger partial charge in [0.1, 0.15) is 6.61 Å². The second-order valence-electron chi connectivity index (χ2n) is 7.00. The normalized spacial score (nSPS) is 18.8. The molecule has 1 unspecified atom stereocenters. The third kappa shape index (κ3) is 3.34. The number of rotatable bonds is 2. The van der Waals surface area contributed by atoms with Crippen molar-refractivity contribution in [3.05, 3.63) is 64.1 Å². The Balaban J connectivity index is 1.87. The molecule has 2 aromatic rings. The van der Waals surface area contributed by atoms with Crippen LogP contribution in [-0.4, -0.2) is 11.6 Å². The zero-order valence-electron chi connectivity index (χ0n) is 14.3. The van der Waals surface area contributed by atoms with Gasteiger partial charge in [0.15, 0.2) is 0 Å². The van der Waals surface area contributed by atoms with Gasteiger partial charge in [-0.1, -0.05) is 53.2 Å².